The molecule has 2 aromatic rings. The first kappa shape index (κ1) is 21.7. The van der Waals surface area contributed by atoms with Crippen molar-refractivity contribution in [3.05, 3.63) is 59.7 Å². The smallest absolute Gasteiger partial charge is 0.404 e. The molecule has 2 atom stereocenters. The third-order valence-electron chi connectivity index (χ3n) is 5.28. The lowest BCUT2D eigenvalue weighted by Crippen LogP contribution is -2.46. The van der Waals surface area contributed by atoms with Crippen molar-refractivity contribution >= 4 is 12.0 Å². The van der Waals surface area contributed by atoms with Crippen LogP contribution in [-0.2, 0) is 17.8 Å². The van der Waals surface area contributed by atoms with Gasteiger partial charge in [0.05, 0.1) is 30.0 Å². The van der Waals surface area contributed by atoms with E-state index in [9.17, 15) is 9.59 Å². The first-order chi connectivity index (χ1) is 14.6. The van der Waals surface area contributed by atoms with Crippen molar-refractivity contribution in [1.82, 2.24) is 25.9 Å². The van der Waals surface area contributed by atoms with Crippen LogP contribution in [0, 0.1) is 0 Å². The fraction of sp³-hybridized carbons (Fsp3) is 0.455. The lowest BCUT2D eigenvalue weighted by molar-refractivity contribution is -0.123. The molecule has 1 aliphatic rings. The van der Waals surface area contributed by atoms with Crippen molar-refractivity contribution in [3.63, 3.8) is 0 Å². The van der Waals surface area contributed by atoms with E-state index in [1.54, 1.807) is 12.4 Å². The van der Waals surface area contributed by atoms with Gasteiger partial charge in [-0.15, -0.1) is 0 Å². The number of unbranched alkanes of at least 4 members (excludes halogenated alkanes) is 1. The molecule has 8 heteroatoms. The number of rotatable bonds is 10. The van der Waals surface area contributed by atoms with Gasteiger partial charge in [0.1, 0.15) is 0 Å². The second kappa shape index (κ2) is 11.3. The molecule has 0 saturated carbocycles. The summed E-state index contributed by atoms with van der Waals surface area (Å²) in [6.45, 7) is 0.753. The van der Waals surface area contributed by atoms with Crippen molar-refractivity contribution in [2.75, 3.05) is 6.54 Å². The zero-order chi connectivity index (χ0) is 21.2. The Balaban J connectivity index is 1.61. The maximum Gasteiger partial charge on any atom is 0.404 e. The van der Waals surface area contributed by atoms with Crippen molar-refractivity contribution in [1.29, 1.82) is 0 Å². The summed E-state index contributed by atoms with van der Waals surface area (Å²) >= 11 is 0. The molecule has 0 bridgehead atoms. The number of aromatic nitrogens is 2. The average molecular weight is 412 g/mol. The van der Waals surface area contributed by atoms with E-state index in [1.807, 2.05) is 24.3 Å². The van der Waals surface area contributed by atoms with Gasteiger partial charge in [-0.1, -0.05) is 12.1 Å². The van der Waals surface area contributed by atoms with Crippen molar-refractivity contribution in [3.8, 4) is 0 Å². The minimum Gasteiger partial charge on any atom is -0.465 e. The molecular formula is C22H29N5O3. The molecule has 1 aliphatic carbocycles. The van der Waals surface area contributed by atoms with Gasteiger partial charge in [-0.25, -0.2) is 4.79 Å². The molecule has 0 aromatic carbocycles. The van der Waals surface area contributed by atoms with Crippen LogP contribution in [0.3, 0.4) is 0 Å². The van der Waals surface area contributed by atoms with E-state index in [4.69, 9.17) is 5.11 Å². The van der Waals surface area contributed by atoms with Gasteiger partial charge >= 0.3 is 6.09 Å². The Kier molecular flexibility index (Phi) is 8.14. The number of aryl methyl sites for hydroxylation is 1. The summed E-state index contributed by atoms with van der Waals surface area (Å²) in [5.74, 6) is -0.0742. The van der Waals surface area contributed by atoms with E-state index >= 15 is 0 Å². The van der Waals surface area contributed by atoms with Gasteiger partial charge in [0, 0.05) is 18.9 Å². The fourth-order valence-electron chi connectivity index (χ4n) is 3.78. The molecule has 3 rings (SSSR count). The molecule has 30 heavy (non-hydrogen) atoms. The van der Waals surface area contributed by atoms with Crippen LogP contribution < -0.4 is 16.0 Å². The van der Waals surface area contributed by atoms with Crippen LogP contribution >= 0.6 is 0 Å². The highest BCUT2D eigenvalue weighted by molar-refractivity contribution is 5.81. The molecule has 2 aromatic heterocycles. The Labute approximate surface area is 176 Å². The third-order valence-corrected chi connectivity index (χ3v) is 5.28. The number of hydrogen-bond donors (Lipinski definition) is 4. The standard InChI is InChI=1S/C22H29N5O3/c28-21(26-15-17-9-1-3-12-23-17)19(10-2-4-13-25-22(29)30)27-18-11-5-7-16-8-6-14-24-20(16)18/h1,3,6,8-9,12,14,18-19,25,27H,2,4-5,7,10-11,13,15H2,(H,26,28)(H,29,30)/t18?,19-/m0/s1. The summed E-state index contributed by atoms with van der Waals surface area (Å²) in [7, 11) is 0. The second-order valence-corrected chi connectivity index (χ2v) is 7.48. The summed E-state index contributed by atoms with van der Waals surface area (Å²) in [5.41, 5.74) is 3.07. The minimum absolute atomic E-state index is 0.0395. The number of pyridine rings is 2. The monoisotopic (exact) mass is 411 g/mol. The van der Waals surface area contributed by atoms with Gasteiger partial charge in [0.25, 0.3) is 0 Å². The van der Waals surface area contributed by atoms with E-state index in [0.717, 1.165) is 37.1 Å². The lowest BCUT2D eigenvalue weighted by Gasteiger charge is -2.29. The van der Waals surface area contributed by atoms with Gasteiger partial charge < -0.3 is 15.7 Å². The fourth-order valence-corrected chi connectivity index (χ4v) is 3.78. The summed E-state index contributed by atoms with van der Waals surface area (Å²) in [6.07, 6.45) is 7.52. The van der Waals surface area contributed by atoms with Crippen LogP contribution in [0.1, 0.15) is 55.1 Å². The molecule has 0 saturated heterocycles. The van der Waals surface area contributed by atoms with Crippen LogP contribution in [0.15, 0.2) is 42.7 Å². The highest BCUT2D eigenvalue weighted by atomic mass is 16.4. The zero-order valence-electron chi connectivity index (χ0n) is 17.0. The second-order valence-electron chi connectivity index (χ2n) is 7.48. The number of amides is 2. The Morgan fingerprint density at radius 3 is 2.77 bits per heavy atom. The number of fused-ring (bicyclic) bond motifs is 1. The predicted molar refractivity (Wildman–Crippen MR) is 113 cm³/mol. The van der Waals surface area contributed by atoms with Gasteiger partial charge in [0.15, 0.2) is 0 Å². The topological polar surface area (TPSA) is 116 Å². The highest BCUT2D eigenvalue weighted by Crippen LogP contribution is 2.28. The lowest BCUT2D eigenvalue weighted by atomic mass is 9.91. The van der Waals surface area contributed by atoms with Crippen LogP contribution in [-0.4, -0.2) is 39.7 Å². The zero-order valence-corrected chi connectivity index (χ0v) is 17.0. The number of carbonyl (C=O) groups is 2. The Bertz CT molecular complexity index is 831. The van der Waals surface area contributed by atoms with Crippen molar-refractivity contribution in [2.24, 2.45) is 0 Å². The number of nitrogens with zero attached hydrogens (tertiary/aromatic N) is 2. The molecular weight excluding hydrogens is 382 g/mol. The Morgan fingerprint density at radius 2 is 1.97 bits per heavy atom. The first-order valence-electron chi connectivity index (χ1n) is 10.5. The normalized spacial score (nSPS) is 16.3. The largest absolute Gasteiger partial charge is 0.465 e. The maximum absolute atomic E-state index is 12.9. The van der Waals surface area contributed by atoms with Crippen LogP contribution in [0.4, 0.5) is 4.79 Å². The van der Waals surface area contributed by atoms with E-state index < -0.39 is 6.09 Å². The summed E-state index contributed by atoms with van der Waals surface area (Å²) < 4.78 is 0. The number of nitrogens with one attached hydrogen (secondary N) is 3. The van der Waals surface area contributed by atoms with Gasteiger partial charge in [-0.05, 0) is 62.3 Å². The van der Waals surface area contributed by atoms with Crippen LogP contribution in [0.2, 0.25) is 0 Å². The van der Waals surface area contributed by atoms with E-state index in [-0.39, 0.29) is 18.0 Å². The van der Waals surface area contributed by atoms with E-state index in [2.05, 4.69) is 32.0 Å². The average Bonchev–Trinajstić information content (AvgIpc) is 2.77. The molecule has 2 amide bonds. The quantitative estimate of drug-likeness (QED) is 0.447. The van der Waals surface area contributed by atoms with Gasteiger partial charge in [-0.3, -0.25) is 20.1 Å². The minimum atomic E-state index is -1.03. The van der Waals surface area contributed by atoms with Crippen LogP contribution in [0.25, 0.3) is 0 Å². The predicted octanol–water partition coefficient (Wildman–Crippen LogP) is 2.57. The Morgan fingerprint density at radius 1 is 1.10 bits per heavy atom. The summed E-state index contributed by atoms with van der Waals surface area (Å²) in [5, 5.41) is 17.6. The summed E-state index contributed by atoms with van der Waals surface area (Å²) in [4.78, 5) is 32.4. The molecule has 0 fully saturated rings. The molecule has 2 heterocycles. The van der Waals surface area contributed by atoms with Gasteiger partial charge in [0.2, 0.25) is 5.91 Å². The Hall–Kier alpha value is -3.00. The van der Waals surface area contributed by atoms with Crippen LogP contribution in [0.5, 0.6) is 0 Å². The maximum atomic E-state index is 12.9. The molecule has 1 unspecified atom stereocenters. The molecule has 8 nitrogen and oxygen atoms in total. The third kappa shape index (κ3) is 6.52. The molecule has 160 valence electrons. The highest BCUT2D eigenvalue weighted by Gasteiger charge is 2.27. The molecule has 4 N–H and O–H groups in total. The van der Waals surface area contributed by atoms with Crippen molar-refractivity contribution in [2.45, 2.75) is 57.2 Å². The number of hydrogen-bond acceptors (Lipinski definition) is 5. The molecule has 0 radical (unpaired) electrons. The molecule has 0 aliphatic heterocycles. The first-order valence-corrected chi connectivity index (χ1v) is 10.5. The van der Waals surface area contributed by atoms with E-state index in [0.29, 0.717) is 25.9 Å². The van der Waals surface area contributed by atoms with Gasteiger partial charge in [-0.2, -0.15) is 0 Å². The SMILES string of the molecule is O=C(O)NCCCC[C@H](NC1CCCc2cccnc21)C(=O)NCc1ccccn1. The molecule has 0 spiro atoms. The number of carboxylic acid groups (broad SMARTS) is 1. The summed E-state index contributed by atoms with van der Waals surface area (Å²) in [6, 6.07) is 9.33. The van der Waals surface area contributed by atoms with Crippen molar-refractivity contribution < 1.29 is 14.7 Å². The van der Waals surface area contributed by atoms with E-state index in [1.165, 1.54) is 5.56 Å². The number of carbonyl (C=O) groups excluding carboxylic acids is 1.